The number of rotatable bonds is 4. The van der Waals surface area contributed by atoms with E-state index < -0.39 is 0 Å². The van der Waals surface area contributed by atoms with Gasteiger partial charge in [0.15, 0.2) is 0 Å². The molecule has 18 heavy (non-hydrogen) atoms. The van der Waals surface area contributed by atoms with E-state index in [2.05, 4.69) is 37.9 Å². The van der Waals surface area contributed by atoms with E-state index in [-0.39, 0.29) is 0 Å². The first-order valence-electron chi connectivity index (χ1n) is 7.89. The van der Waals surface area contributed by atoms with Crippen LogP contribution in [0.2, 0.25) is 0 Å². The fourth-order valence-electron chi connectivity index (χ4n) is 3.99. The van der Waals surface area contributed by atoms with Gasteiger partial charge in [-0.25, -0.2) is 0 Å². The van der Waals surface area contributed by atoms with Crippen molar-refractivity contribution in [2.45, 2.75) is 65.5 Å². The third kappa shape index (κ3) is 2.22. The van der Waals surface area contributed by atoms with Crippen molar-refractivity contribution < 1.29 is 0 Å². The molecule has 1 saturated heterocycles. The average Bonchev–Trinajstić information content (AvgIpc) is 3.16. The van der Waals surface area contributed by atoms with Gasteiger partial charge in [-0.15, -0.1) is 0 Å². The van der Waals surface area contributed by atoms with Crippen molar-refractivity contribution in [1.82, 2.24) is 10.2 Å². The van der Waals surface area contributed by atoms with Gasteiger partial charge in [0.05, 0.1) is 0 Å². The molecule has 0 aromatic carbocycles. The second kappa shape index (κ2) is 4.21. The molecule has 1 heterocycles. The molecule has 0 spiro atoms. The standard InChI is InChI=1S/C16H30N2/c1-15(2)14(16(15,3)4)11-18-9-5-6-13(10-18)17-12-7-8-12/h12-14,17H,5-11H2,1-4H3. The van der Waals surface area contributed by atoms with Crippen molar-refractivity contribution in [1.29, 1.82) is 0 Å². The third-order valence-corrected chi connectivity index (χ3v) is 6.31. The monoisotopic (exact) mass is 250 g/mol. The van der Waals surface area contributed by atoms with E-state index in [1.165, 1.54) is 45.3 Å². The van der Waals surface area contributed by atoms with Gasteiger partial charge in [-0.3, -0.25) is 0 Å². The molecule has 3 aliphatic rings. The van der Waals surface area contributed by atoms with Crippen molar-refractivity contribution in [3.8, 4) is 0 Å². The number of nitrogens with zero attached hydrogens (tertiary/aromatic N) is 1. The molecule has 1 N–H and O–H groups in total. The summed E-state index contributed by atoms with van der Waals surface area (Å²) in [5.74, 6) is 0.893. The van der Waals surface area contributed by atoms with Gasteiger partial charge in [0.25, 0.3) is 0 Å². The van der Waals surface area contributed by atoms with Crippen molar-refractivity contribution >= 4 is 0 Å². The maximum absolute atomic E-state index is 3.82. The second-order valence-electron chi connectivity index (χ2n) is 8.04. The molecule has 2 heteroatoms. The van der Waals surface area contributed by atoms with Gasteiger partial charge in [0.1, 0.15) is 0 Å². The van der Waals surface area contributed by atoms with Crippen molar-refractivity contribution in [2.24, 2.45) is 16.7 Å². The van der Waals surface area contributed by atoms with E-state index in [9.17, 15) is 0 Å². The zero-order chi connectivity index (χ0) is 13.0. The van der Waals surface area contributed by atoms with Gasteiger partial charge >= 0.3 is 0 Å². The van der Waals surface area contributed by atoms with Crippen LogP contribution in [-0.2, 0) is 0 Å². The van der Waals surface area contributed by atoms with E-state index in [0.717, 1.165) is 18.0 Å². The Hall–Kier alpha value is -0.0800. The van der Waals surface area contributed by atoms with Crippen LogP contribution in [0.5, 0.6) is 0 Å². The first-order valence-corrected chi connectivity index (χ1v) is 7.89. The van der Waals surface area contributed by atoms with Gasteiger partial charge in [-0.1, -0.05) is 27.7 Å². The quantitative estimate of drug-likeness (QED) is 0.825. The number of hydrogen-bond donors (Lipinski definition) is 1. The summed E-state index contributed by atoms with van der Waals surface area (Å²) in [5, 5.41) is 3.82. The van der Waals surface area contributed by atoms with E-state index in [1.54, 1.807) is 0 Å². The van der Waals surface area contributed by atoms with Gasteiger partial charge in [-0.2, -0.15) is 0 Å². The number of hydrogen-bond acceptors (Lipinski definition) is 2. The summed E-state index contributed by atoms with van der Waals surface area (Å²) in [7, 11) is 0. The summed E-state index contributed by atoms with van der Waals surface area (Å²) < 4.78 is 0. The smallest absolute Gasteiger partial charge is 0.0198 e. The van der Waals surface area contributed by atoms with Crippen LogP contribution in [-0.4, -0.2) is 36.6 Å². The van der Waals surface area contributed by atoms with Crippen molar-refractivity contribution in [3.05, 3.63) is 0 Å². The van der Waals surface area contributed by atoms with Gasteiger partial charge < -0.3 is 10.2 Å². The average molecular weight is 250 g/mol. The molecule has 3 fully saturated rings. The summed E-state index contributed by atoms with van der Waals surface area (Å²) in [5.41, 5.74) is 1.09. The van der Waals surface area contributed by atoms with Crippen LogP contribution in [0.15, 0.2) is 0 Å². The Kier molecular flexibility index (Phi) is 3.02. The molecular formula is C16H30N2. The SMILES string of the molecule is CC1(C)C(CN2CCCC(NC3CC3)C2)C1(C)C. The van der Waals surface area contributed by atoms with Crippen LogP contribution in [0.4, 0.5) is 0 Å². The normalized spacial score (nSPS) is 35.7. The molecule has 2 nitrogen and oxygen atoms in total. The highest BCUT2D eigenvalue weighted by Crippen LogP contribution is 2.68. The van der Waals surface area contributed by atoms with Crippen molar-refractivity contribution in [2.75, 3.05) is 19.6 Å². The van der Waals surface area contributed by atoms with Crippen LogP contribution in [0.3, 0.4) is 0 Å². The van der Waals surface area contributed by atoms with Crippen LogP contribution in [0, 0.1) is 16.7 Å². The highest BCUT2D eigenvalue weighted by molar-refractivity contribution is 5.13. The lowest BCUT2D eigenvalue weighted by atomic mass is 10.0. The molecule has 0 radical (unpaired) electrons. The maximum atomic E-state index is 3.82. The Morgan fingerprint density at radius 3 is 2.22 bits per heavy atom. The number of nitrogens with one attached hydrogen (secondary N) is 1. The summed E-state index contributed by atoms with van der Waals surface area (Å²) in [6, 6.07) is 1.64. The zero-order valence-electron chi connectivity index (χ0n) is 12.6. The lowest BCUT2D eigenvalue weighted by Gasteiger charge is -2.34. The van der Waals surface area contributed by atoms with Gasteiger partial charge in [0.2, 0.25) is 0 Å². The Morgan fingerprint density at radius 2 is 1.67 bits per heavy atom. The number of likely N-dealkylation sites (tertiary alicyclic amines) is 1. The third-order valence-electron chi connectivity index (χ3n) is 6.31. The molecule has 0 amide bonds. The maximum Gasteiger partial charge on any atom is 0.0198 e. The summed E-state index contributed by atoms with van der Waals surface area (Å²) in [6.45, 7) is 13.7. The molecular weight excluding hydrogens is 220 g/mol. The topological polar surface area (TPSA) is 15.3 Å². The Morgan fingerprint density at radius 1 is 1.00 bits per heavy atom. The molecule has 1 aliphatic heterocycles. The van der Waals surface area contributed by atoms with Crippen LogP contribution < -0.4 is 5.32 Å². The molecule has 2 aliphatic carbocycles. The van der Waals surface area contributed by atoms with Crippen LogP contribution in [0.1, 0.15) is 53.4 Å². The first kappa shape index (κ1) is 12.9. The molecule has 1 atom stereocenters. The fraction of sp³-hybridized carbons (Fsp3) is 1.00. The van der Waals surface area contributed by atoms with Crippen LogP contribution in [0.25, 0.3) is 0 Å². The lowest BCUT2D eigenvalue weighted by molar-refractivity contribution is 0.174. The zero-order valence-corrected chi connectivity index (χ0v) is 12.6. The molecule has 0 bridgehead atoms. The summed E-state index contributed by atoms with van der Waals surface area (Å²) >= 11 is 0. The highest BCUT2D eigenvalue weighted by atomic mass is 15.2. The molecule has 1 unspecified atom stereocenters. The minimum absolute atomic E-state index is 0.546. The minimum Gasteiger partial charge on any atom is -0.310 e. The van der Waals surface area contributed by atoms with E-state index in [1.807, 2.05) is 0 Å². The predicted molar refractivity (Wildman–Crippen MR) is 76.7 cm³/mol. The molecule has 2 saturated carbocycles. The van der Waals surface area contributed by atoms with Crippen LogP contribution >= 0.6 is 0 Å². The minimum atomic E-state index is 0.546. The van der Waals surface area contributed by atoms with Gasteiger partial charge in [0, 0.05) is 25.2 Å². The lowest BCUT2D eigenvalue weighted by Crippen LogP contribution is -2.47. The van der Waals surface area contributed by atoms with E-state index in [4.69, 9.17) is 0 Å². The largest absolute Gasteiger partial charge is 0.310 e. The Balaban J connectivity index is 1.51. The van der Waals surface area contributed by atoms with Gasteiger partial charge in [-0.05, 0) is 49.0 Å². The van der Waals surface area contributed by atoms with E-state index in [0.29, 0.717) is 10.8 Å². The second-order valence-corrected chi connectivity index (χ2v) is 8.04. The van der Waals surface area contributed by atoms with Crippen molar-refractivity contribution in [3.63, 3.8) is 0 Å². The first-order chi connectivity index (χ1) is 8.41. The number of piperidine rings is 1. The highest BCUT2D eigenvalue weighted by Gasteiger charge is 2.64. The van der Waals surface area contributed by atoms with E-state index >= 15 is 0 Å². The Bertz CT molecular complexity index is 303. The summed E-state index contributed by atoms with van der Waals surface area (Å²) in [4.78, 5) is 2.73. The summed E-state index contributed by atoms with van der Waals surface area (Å²) in [6.07, 6.45) is 5.61. The molecule has 104 valence electrons. The fourth-order valence-corrected chi connectivity index (χ4v) is 3.99. The predicted octanol–water partition coefficient (Wildman–Crippen LogP) is 2.89. The Labute approximate surface area is 113 Å². The molecule has 3 rings (SSSR count). The molecule has 0 aromatic heterocycles. The molecule has 0 aromatic rings.